The quantitative estimate of drug-likeness (QED) is 0.807. The highest BCUT2D eigenvalue weighted by Crippen LogP contribution is 2.29. The number of carbonyl (C=O) groups excluding carboxylic acids is 2. The number of carbonyl (C=O) groups is 2. The number of nitrogens with one attached hydrogen (secondary N) is 1. The SMILES string of the molecule is O=C(Nc1cccc(Cl)c1Cl)C(=O)N1CCCC1. The first-order valence-electron chi connectivity index (χ1n) is 5.64. The lowest BCUT2D eigenvalue weighted by Crippen LogP contribution is -2.37. The summed E-state index contributed by atoms with van der Waals surface area (Å²) in [5.74, 6) is -1.20. The molecule has 18 heavy (non-hydrogen) atoms. The lowest BCUT2D eigenvalue weighted by Gasteiger charge is -2.15. The molecule has 0 saturated carbocycles. The van der Waals surface area contributed by atoms with Gasteiger partial charge in [-0.1, -0.05) is 29.3 Å². The van der Waals surface area contributed by atoms with Crippen LogP contribution < -0.4 is 5.32 Å². The number of anilines is 1. The standard InChI is InChI=1S/C12H12Cl2N2O2/c13-8-4-3-5-9(10(8)14)15-11(17)12(18)16-6-1-2-7-16/h3-5H,1-2,6-7H2,(H,15,17). The van der Waals surface area contributed by atoms with Crippen molar-refractivity contribution < 1.29 is 9.59 Å². The highest BCUT2D eigenvalue weighted by Gasteiger charge is 2.24. The van der Waals surface area contributed by atoms with Crippen LogP contribution in [0.25, 0.3) is 0 Å². The van der Waals surface area contributed by atoms with Crippen LogP contribution in [0.5, 0.6) is 0 Å². The molecule has 6 heteroatoms. The molecule has 1 N–H and O–H groups in total. The maximum absolute atomic E-state index is 11.8. The summed E-state index contributed by atoms with van der Waals surface area (Å²) in [5.41, 5.74) is 0.349. The number of rotatable bonds is 1. The van der Waals surface area contributed by atoms with E-state index >= 15 is 0 Å². The Balaban J connectivity index is 2.06. The van der Waals surface area contributed by atoms with Gasteiger partial charge in [0, 0.05) is 13.1 Å². The molecule has 0 aliphatic carbocycles. The van der Waals surface area contributed by atoms with Crippen LogP contribution in [0.15, 0.2) is 18.2 Å². The van der Waals surface area contributed by atoms with Crippen molar-refractivity contribution in [3.05, 3.63) is 28.2 Å². The van der Waals surface area contributed by atoms with Gasteiger partial charge in [0.15, 0.2) is 0 Å². The van der Waals surface area contributed by atoms with E-state index in [2.05, 4.69) is 5.32 Å². The molecule has 1 aliphatic rings. The number of amides is 2. The monoisotopic (exact) mass is 286 g/mol. The van der Waals surface area contributed by atoms with Crippen molar-refractivity contribution in [3.63, 3.8) is 0 Å². The van der Waals surface area contributed by atoms with Gasteiger partial charge in [-0.3, -0.25) is 9.59 Å². The molecule has 0 aromatic heterocycles. The Morgan fingerprint density at radius 1 is 1.17 bits per heavy atom. The molecule has 1 aromatic carbocycles. The smallest absolute Gasteiger partial charge is 0.313 e. The molecule has 0 atom stereocenters. The summed E-state index contributed by atoms with van der Waals surface area (Å²) in [5, 5.41) is 3.06. The Morgan fingerprint density at radius 2 is 1.83 bits per heavy atom. The van der Waals surface area contributed by atoms with Gasteiger partial charge in [0.05, 0.1) is 15.7 Å². The fourth-order valence-corrected chi connectivity index (χ4v) is 2.19. The number of hydrogen-bond acceptors (Lipinski definition) is 2. The van der Waals surface area contributed by atoms with Crippen molar-refractivity contribution in [2.24, 2.45) is 0 Å². The predicted octanol–water partition coefficient (Wildman–Crippen LogP) is 2.55. The van der Waals surface area contributed by atoms with Gasteiger partial charge in [-0.05, 0) is 25.0 Å². The molecule has 0 bridgehead atoms. The topological polar surface area (TPSA) is 49.4 Å². The van der Waals surface area contributed by atoms with Crippen LogP contribution in [-0.4, -0.2) is 29.8 Å². The second kappa shape index (κ2) is 5.59. The fourth-order valence-electron chi connectivity index (χ4n) is 1.84. The molecule has 2 rings (SSSR count). The van der Waals surface area contributed by atoms with E-state index in [-0.39, 0.29) is 5.02 Å². The van der Waals surface area contributed by atoms with Crippen molar-refractivity contribution in [3.8, 4) is 0 Å². The van der Waals surface area contributed by atoms with E-state index in [9.17, 15) is 9.59 Å². The zero-order valence-electron chi connectivity index (χ0n) is 9.58. The van der Waals surface area contributed by atoms with Gasteiger partial charge in [-0.25, -0.2) is 0 Å². The van der Waals surface area contributed by atoms with Crippen molar-refractivity contribution in [1.82, 2.24) is 4.90 Å². The maximum atomic E-state index is 11.8. The maximum Gasteiger partial charge on any atom is 0.313 e. The normalized spacial score (nSPS) is 14.7. The Labute approximate surface area is 115 Å². The van der Waals surface area contributed by atoms with Crippen molar-refractivity contribution >= 4 is 40.7 Å². The summed E-state index contributed by atoms with van der Waals surface area (Å²) in [6.07, 6.45) is 1.88. The Morgan fingerprint density at radius 3 is 2.50 bits per heavy atom. The fraction of sp³-hybridized carbons (Fsp3) is 0.333. The largest absolute Gasteiger partial charge is 0.334 e. The molecule has 1 saturated heterocycles. The summed E-state index contributed by atoms with van der Waals surface area (Å²) in [6.45, 7) is 1.27. The lowest BCUT2D eigenvalue weighted by atomic mass is 10.3. The first-order valence-corrected chi connectivity index (χ1v) is 6.39. The Hall–Kier alpha value is -1.26. The predicted molar refractivity (Wildman–Crippen MR) is 70.9 cm³/mol. The molecule has 1 fully saturated rings. The first kappa shape index (κ1) is 13.2. The molecule has 0 spiro atoms. The molecule has 96 valence electrons. The average Bonchev–Trinajstić information content (AvgIpc) is 2.87. The van der Waals surface area contributed by atoms with Crippen molar-refractivity contribution in [2.75, 3.05) is 18.4 Å². The van der Waals surface area contributed by atoms with Crippen LogP contribution in [0.3, 0.4) is 0 Å². The number of hydrogen-bond donors (Lipinski definition) is 1. The first-order chi connectivity index (χ1) is 8.59. The second-order valence-electron chi connectivity index (χ2n) is 4.05. The minimum Gasteiger partial charge on any atom is -0.334 e. The molecule has 1 heterocycles. The van der Waals surface area contributed by atoms with E-state index in [0.29, 0.717) is 23.8 Å². The van der Waals surface area contributed by atoms with Crippen LogP contribution in [0, 0.1) is 0 Å². The highest BCUT2D eigenvalue weighted by molar-refractivity contribution is 6.45. The highest BCUT2D eigenvalue weighted by atomic mass is 35.5. The summed E-state index contributed by atoms with van der Waals surface area (Å²) in [6, 6.07) is 4.87. The summed E-state index contributed by atoms with van der Waals surface area (Å²) < 4.78 is 0. The molecule has 2 amide bonds. The third kappa shape index (κ3) is 2.76. The van der Waals surface area contributed by atoms with E-state index in [4.69, 9.17) is 23.2 Å². The van der Waals surface area contributed by atoms with E-state index in [1.165, 1.54) is 4.90 Å². The van der Waals surface area contributed by atoms with Crippen molar-refractivity contribution in [1.29, 1.82) is 0 Å². The Bertz CT molecular complexity index is 485. The van der Waals surface area contributed by atoms with Gasteiger partial charge in [0.1, 0.15) is 0 Å². The van der Waals surface area contributed by atoms with Gasteiger partial charge >= 0.3 is 11.8 Å². The van der Waals surface area contributed by atoms with Crippen LogP contribution >= 0.6 is 23.2 Å². The zero-order valence-corrected chi connectivity index (χ0v) is 11.1. The molecular weight excluding hydrogens is 275 g/mol. The lowest BCUT2D eigenvalue weighted by molar-refractivity contribution is -0.142. The minimum absolute atomic E-state index is 0.238. The third-order valence-electron chi connectivity index (χ3n) is 2.79. The van der Waals surface area contributed by atoms with Crippen LogP contribution in [0.2, 0.25) is 10.0 Å². The number of benzene rings is 1. The minimum atomic E-state index is -0.680. The van der Waals surface area contributed by atoms with E-state index < -0.39 is 11.8 Å². The van der Waals surface area contributed by atoms with Crippen LogP contribution in [0.4, 0.5) is 5.69 Å². The van der Waals surface area contributed by atoms with Gasteiger partial charge in [0.25, 0.3) is 0 Å². The van der Waals surface area contributed by atoms with Crippen LogP contribution in [0.1, 0.15) is 12.8 Å². The van der Waals surface area contributed by atoms with Crippen molar-refractivity contribution in [2.45, 2.75) is 12.8 Å². The molecular formula is C12H12Cl2N2O2. The molecule has 4 nitrogen and oxygen atoms in total. The van der Waals surface area contributed by atoms with Gasteiger partial charge in [0.2, 0.25) is 0 Å². The summed E-state index contributed by atoms with van der Waals surface area (Å²) in [4.78, 5) is 25.1. The average molecular weight is 287 g/mol. The van der Waals surface area contributed by atoms with E-state index in [1.54, 1.807) is 18.2 Å². The van der Waals surface area contributed by atoms with Gasteiger partial charge in [-0.2, -0.15) is 0 Å². The zero-order chi connectivity index (χ0) is 13.1. The molecule has 0 unspecified atom stereocenters. The number of likely N-dealkylation sites (tertiary alicyclic amines) is 1. The Kier molecular flexibility index (Phi) is 4.09. The second-order valence-corrected chi connectivity index (χ2v) is 4.84. The third-order valence-corrected chi connectivity index (χ3v) is 3.61. The molecule has 1 aliphatic heterocycles. The summed E-state index contributed by atoms with van der Waals surface area (Å²) >= 11 is 11.8. The molecule has 0 radical (unpaired) electrons. The van der Waals surface area contributed by atoms with E-state index in [0.717, 1.165) is 12.8 Å². The number of nitrogens with zero attached hydrogens (tertiary/aromatic N) is 1. The van der Waals surface area contributed by atoms with Gasteiger partial charge in [-0.15, -0.1) is 0 Å². The number of halogens is 2. The van der Waals surface area contributed by atoms with E-state index in [1.807, 2.05) is 0 Å². The summed E-state index contributed by atoms with van der Waals surface area (Å²) in [7, 11) is 0. The molecule has 1 aromatic rings. The van der Waals surface area contributed by atoms with Gasteiger partial charge < -0.3 is 10.2 Å². The van der Waals surface area contributed by atoms with Crippen LogP contribution in [-0.2, 0) is 9.59 Å².